The third-order valence-electron chi connectivity index (χ3n) is 4.50. The first-order valence-electron chi connectivity index (χ1n) is 9.05. The highest BCUT2D eigenvalue weighted by molar-refractivity contribution is 8.00. The number of anilines is 1. The van der Waals surface area contributed by atoms with E-state index in [4.69, 9.17) is 14.9 Å². The fourth-order valence-corrected chi connectivity index (χ4v) is 4.03. The Kier molecular flexibility index (Phi) is 6.08. The van der Waals surface area contributed by atoms with Crippen LogP contribution in [0.3, 0.4) is 0 Å². The minimum absolute atomic E-state index is 0.0593. The molecule has 2 amide bonds. The number of furan rings is 1. The molecule has 0 saturated carbocycles. The Labute approximate surface area is 167 Å². The summed E-state index contributed by atoms with van der Waals surface area (Å²) in [6.07, 6.45) is 3.35. The Bertz CT molecular complexity index is 935. The zero-order chi connectivity index (χ0) is 20.3. The van der Waals surface area contributed by atoms with E-state index in [2.05, 4.69) is 17.4 Å². The van der Waals surface area contributed by atoms with E-state index < -0.39 is 11.9 Å². The van der Waals surface area contributed by atoms with Crippen molar-refractivity contribution in [2.24, 2.45) is 5.73 Å². The Balaban J connectivity index is 1.70. The summed E-state index contributed by atoms with van der Waals surface area (Å²) >= 11 is 1.39. The van der Waals surface area contributed by atoms with Gasteiger partial charge in [0.1, 0.15) is 16.9 Å². The molecule has 0 saturated heterocycles. The predicted octanol–water partition coefficient (Wildman–Crippen LogP) is 3.08. The van der Waals surface area contributed by atoms with Crippen LogP contribution < -0.4 is 11.1 Å². The Morgan fingerprint density at radius 3 is 2.68 bits per heavy atom. The van der Waals surface area contributed by atoms with E-state index in [1.807, 2.05) is 6.07 Å². The number of nitrogens with two attached hydrogens (primary N) is 1. The molecule has 1 aliphatic rings. The van der Waals surface area contributed by atoms with Crippen LogP contribution in [0.2, 0.25) is 0 Å². The summed E-state index contributed by atoms with van der Waals surface area (Å²) < 4.78 is 10.4. The number of aryl methyl sites for hydroxylation is 3. The van der Waals surface area contributed by atoms with E-state index >= 15 is 0 Å². The summed E-state index contributed by atoms with van der Waals surface area (Å²) in [5.74, 6) is -1.79. The van der Waals surface area contributed by atoms with E-state index in [1.165, 1.54) is 36.2 Å². The molecule has 2 aromatic rings. The molecule has 0 fully saturated rings. The average molecular weight is 402 g/mol. The molecule has 148 valence electrons. The van der Waals surface area contributed by atoms with Crippen molar-refractivity contribution in [3.8, 4) is 0 Å². The molecule has 0 bridgehead atoms. The van der Waals surface area contributed by atoms with Gasteiger partial charge >= 0.3 is 5.97 Å². The maximum absolute atomic E-state index is 12.4. The largest absolute Gasteiger partial charge is 0.462 e. The van der Waals surface area contributed by atoms with Crippen LogP contribution in [-0.2, 0) is 22.4 Å². The van der Waals surface area contributed by atoms with Crippen molar-refractivity contribution in [2.45, 2.75) is 38.0 Å². The second-order valence-corrected chi connectivity index (χ2v) is 7.49. The number of hydrogen-bond donors (Lipinski definition) is 2. The molecule has 3 N–H and O–H groups in total. The summed E-state index contributed by atoms with van der Waals surface area (Å²) in [5, 5.41) is 2.54. The van der Waals surface area contributed by atoms with Crippen LogP contribution in [0.4, 0.5) is 5.88 Å². The van der Waals surface area contributed by atoms with Crippen LogP contribution in [0, 0.1) is 6.92 Å². The lowest BCUT2D eigenvalue weighted by Gasteiger charge is -2.06. The molecule has 1 aliphatic carbocycles. The van der Waals surface area contributed by atoms with Crippen LogP contribution in [-0.4, -0.2) is 30.1 Å². The van der Waals surface area contributed by atoms with Crippen LogP contribution in [0.1, 0.15) is 50.9 Å². The van der Waals surface area contributed by atoms with Crippen molar-refractivity contribution in [2.75, 3.05) is 17.7 Å². The highest BCUT2D eigenvalue weighted by Crippen LogP contribution is 2.29. The molecule has 7 nitrogen and oxygen atoms in total. The Morgan fingerprint density at radius 2 is 1.96 bits per heavy atom. The fraction of sp³-hybridized carbons (Fsp3) is 0.350. The zero-order valence-corrected chi connectivity index (χ0v) is 16.6. The minimum atomic E-state index is -0.874. The molecular formula is C20H22N2O5S. The molecule has 0 spiro atoms. The number of nitrogens with one attached hydrogen (secondary N) is 1. The highest BCUT2D eigenvalue weighted by Gasteiger charge is 2.29. The molecule has 28 heavy (non-hydrogen) atoms. The van der Waals surface area contributed by atoms with Gasteiger partial charge in [0.25, 0.3) is 5.91 Å². The van der Waals surface area contributed by atoms with E-state index in [-0.39, 0.29) is 41.0 Å². The minimum Gasteiger partial charge on any atom is -0.462 e. The number of hydrogen-bond acceptors (Lipinski definition) is 6. The third kappa shape index (κ3) is 4.22. The van der Waals surface area contributed by atoms with Crippen molar-refractivity contribution in [1.29, 1.82) is 0 Å². The van der Waals surface area contributed by atoms with Crippen LogP contribution in [0.25, 0.3) is 0 Å². The summed E-state index contributed by atoms with van der Waals surface area (Å²) in [4.78, 5) is 37.3. The standard InChI is InChI=1S/C20H22N2O5S/c1-3-26-20(25)16-11(2)27-19(17(16)18(21)24)22-15(23)10-28-14-8-7-12-5-4-6-13(12)9-14/h7-9H,3-6,10H2,1-2H3,(H2,21,24)(H,22,23). The van der Waals surface area contributed by atoms with Gasteiger partial charge in [-0.1, -0.05) is 6.07 Å². The predicted molar refractivity (Wildman–Crippen MR) is 106 cm³/mol. The van der Waals surface area contributed by atoms with Crippen molar-refractivity contribution < 1.29 is 23.5 Å². The number of benzene rings is 1. The summed E-state index contributed by atoms with van der Waals surface area (Å²) in [7, 11) is 0. The van der Waals surface area contributed by atoms with Gasteiger partial charge in [0, 0.05) is 4.90 Å². The van der Waals surface area contributed by atoms with Crippen molar-refractivity contribution >= 4 is 35.4 Å². The van der Waals surface area contributed by atoms with Crippen molar-refractivity contribution in [3.63, 3.8) is 0 Å². The summed E-state index contributed by atoms with van der Waals surface area (Å²) in [6.45, 7) is 3.30. The number of primary amides is 1. The molecule has 0 atom stereocenters. The van der Waals surface area contributed by atoms with E-state index in [0.29, 0.717) is 0 Å². The van der Waals surface area contributed by atoms with Crippen molar-refractivity contribution in [3.05, 3.63) is 46.2 Å². The number of carbonyl (C=O) groups is 3. The Morgan fingerprint density at radius 1 is 1.21 bits per heavy atom. The second-order valence-electron chi connectivity index (χ2n) is 6.44. The van der Waals surface area contributed by atoms with Gasteiger partial charge in [-0.25, -0.2) is 4.79 Å². The number of carbonyl (C=O) groups excluding carboxylic acids is 3. The molecule has 8 heteroatoms. The maximum atomic E-state index is 12.4. The monoisotopic (exact) mass is 402 g/mol. The number of thioether (sulfide) groups is 1. The van der Waals surface area contributed by atoms with Gasteiger partial charge in [0.2, 0.25) is 11.8 Å². The molecule has 0 unspecified atom stereocenters. The smallest absolute Gasteiger partial charge is 0.342 e. The lowest BCUT2D eigenvalue weighted by atomic mass is 10.1. The SMILES string of the molecule is CCOC(=O)c1c(C)oc(NC(=O)CSc2ccc3c(c2)CCC3)c1C(N)=O. The molecule has 1 aromatic carbocycles. The number of ether oxygens (including phenoxy) is 1. The van der Waals surface area contributed by atoms with E-state index in [1.54, 1.807) is 6.92 Å². The lowest BCUT2D eigenvalue weighted by molar-refractivity contribution is -0.113. The maximum Gasteiger partial charge on any atom is 0.342 e. The summed E-state index contributed by atoms with van der Waals surface area (Å²) in [5.41, 5.74) is 7.87. The van der Waals surface area contributed by atoms with E-state index in [0.717, 1.165) is 17.7 Å². The first-order chi connectivity index (χ1) is 13.4. The van der Waals surface area contributed by atoms with Gasteiger partial charge in [-0.05, 0) is 56.4 Å². The number of fused-ring (bicyclic) bond motifs is 1. The van der Waals surface area contributed by atoms with Crippen LogP contribution in [0.5, 0.6) is 0 Å². The van der Waals surface area contributed by atoms with Gasteiger partial charge in [-0.15, -0.1) is 11.8 Å². The van der Waals surface area contributed by atoms with Gasteiger partial charge in [-0.2, -0.15) is 0 Å². The number of esters is 1. The van der Waals surface area contributed by atoms with Gasteiger partial charge < -0.3 is 14.9 Å². The topological polar surface area (TPSA) is 112 Å². The number of amides is 2. The first kappa shape index (κ1) is 20.0. The highest BCUT2D eigenvalue weighted by atomic mass is 32.2. The van der Waals surface area contributed by atoms with Gasteiger partial charge in [-0.3, -0.25) is 14.9 Å². The molecule has 1 aromatic heterocycles. The van der Waals surface area contributed by atoms with Crippen LogP contribution in [0.15, 0.2) is 27.5 Å². The van der Waals surface area contributed by atoms with Crippen LogP contribution >= 0.6 is 11.8 Å². The normalized spacial score (nSPS) is 12.5. The van der Waals surface area contributed by atoms with Gasteiger partial charge in [0.15, 0.2) is 0 Å². The third-order valence-corrected chi connectivity index (χ3v) is 5.50. The lowest BCUT2D eigenvalue weighted by Crippen LogP contribution is -2.21. The molecular weight excluding hydrogens is 380 g/mol. The molecule has 1 heterocycles. The average Bonchev–Trinajstić information content (AvgIpc) is 3.23. The molecule has 0 aliphatic heterocycles. The molecule has 3 rings (SSSR count). The summed E-state index contributed by atoms with van der Waals surface area (Å²) in [6, 6.07) is 6.23. The first-order valence-corrected chi connectivity index (χ1v) is 10.0. The van der Waals surface area contributed by atoms with Crippen molar-refractivity contribution in [1.82, 2.24) is 0 Å². The molecule has 0 radical (unpaired) electrons. The number of rotatable bonds is 7. The van der Waals surface area contributed by atoms with Gasteiger partial charge in [0.05, 0.1) is 12.4 Å². The Hall–Kier alpha value is -2.74. The zero-order valence-electron chi connectivity index (χ0n) is 15.8. The van der Waals surface area contributed by atoms with E-state index in [9.17, 15) is 14.4 Å². The second kappa shape index (κ2) is 8.52. The fourth-order valence-electron chi connectivity index (χ4n) is 3.27. The quantitative estimate of drug-likeness (QED) is 0.544.